The number of halogens is 1. The maximum Gasteiger partial charge on any atom is 0.263 e. The van der Waals surface area contributed by atoms with Gasteiger partial charge in [0.15, 0.2) is 12.0 Å². The Kier molecular flexibility index (Phi) is 3.23. The molecule has 3 rings (SSSR count). The first kappa shape index (κ1) is 13.1. The van der Waals surface area contributed by atoms with E-state index >= 15 is 0 Å². The molecule has 3 aromatic rings. The number of rotatable bonds is 3. The molecular weight excluding hydrogens is 344 g/mol. The molecule has 0 spiro atoms. The zero-order valence-electron chi connectivity index (χ0n) is 10.1. The van der Waals surface area contributed by atoms with Crippen molar-refractivity contribution in [3.63, 3.8) is 0 Å². The average molecular weight is 353 g/mol. The van der Waals surface area contributed by atoms with Gasteiger partial charge in [0.05, 0.1) is 5.69 Å². The van der Waals surface area contributed by atoms with Gasteiger partial charge in [-0.15, -0.1) is 0 Å². The molecule has 0 aliphatic carbocycles. The molecule has 0 fully saturated rings. The smallest absolute Gasteiger partial charge is 0.263 e. The Labute approximate surface area is 123 Å². The van der Waals surface area contributed by atoms with E-state index in [2.05, 4.69) is 25.6 Å². The molecular formula is C13H9BrN2O3S. The molecule has 0 atom stereocenters. The van der Waals surface area contributed by atoms with Crippen molar-refractivity contribution in [2.24, 2.45) is 0 Å². The summed E-state index contributed by atoms with van der Waals surface area (Å²) in [5.74, 6) is 0. The van der Waals surface area contributed by atoms with E-state index in [-0.39, 0.29) is 4.90 Å². The Morgan fingerprint density at radius 2 is 1.95 bits per heavy atom. The quantitative estimate of drug-likeness (QED) is 0.783. The molecule has 0 amide bonds. The van der Waals surface area contributed by atoms with E-state index < -0.39 is 10.0 Å². The van der Waals surface area contributed by atoms with Gasteiger partial charge in [-0.3, -0.25) is 4.72 Å². The van der Waals surface area contributed by atoms with Crippen LogP contribution in [0.2, 0.25) is 0 Å². The molecule has 0 aliphatic rings. The highest BCUT2D eigenvalue weighted by Gasteiger charge is 2.17. The van der Waals surface area contributed by atoms with Crippen molar-refractivity contribution in [2.45, 2.75) is 4.90 Å². The summed E-state index contributed by atoms with van der Waals surface area (Å²) in [5, 5.41) is 0. The first-order valence-corrected chi connectivity index (χ1v) is 7.94. The average Bonchev–Trinajstić information content (AvgIpc) is 2.86. The molecule has 0 saturated heterocycles. The molecule has 1 aromatic heterocycles. The van der Waals surface area contributed by atoms with Crippen LogP contribution in [-0.4, -0.2) is 13.4 Å². The van der Waals surface area contributed by atoms with Crippen LogP contribution in [0.1, 0.15) is 0 Å². The van der Waals surface area contributed by atoms with Crippen LogP contribution in [0, 0.1) is 0 Å². The molecule has 0 unspecified atom stereocenters. The first-order valence-electron chi connectivity index (χ1n) is 5.67. The second kappa shape index (κ2) is 4.92. The van der Waals surface area contributed by atoms with Gasteiger partial charge >= 0.3 is 0 Å². The molecule has 0 aliphatic heterocycles. The molecule has 0 bridgehead atoms. The van der Waals surface area contributed by atoms with E-state index in [0.29, 0.717) is 21.3 Å². The minimum atomic E-state index is -3.65. The van der Waals surface area contributed by atoms with Gasteiger partial charge in [0, 0.05) is 4.47 Å². The fourth-order valence-corrected chi connectivity index (χ4v) is 3.85. The number of sulfonamides is 1. The third-order valence-electron chi connectivity index (χ3n) is 2.71. The molecule has 102 valence electrons. The van der Waals surface area contributed by atoms with Gasteiger partial charge in [-0.05, 0) is 46.3 Å². The second-order valence-electron chi connectivity index (χ2n) is 4.07. The zero-order chi connectivity index (χ0) is 14.2. The third kappa shape index (κ3) is 2.41. The number of hydrogen-bond donors (Lipinski definition) is 1. The second-order valence-corrected chi connectivity index (χ2v) is 6.58. The number of fused-ring (bicyclic) bond motifs is 1. The van der Waals surface area contributed by atoms with Crippen molar-refractivity contribution in [3.8, 4) is 0 Å². The molecule has 1 heterocycles. The number of anilines is 1. The number of benzene rings is 2. The molecule has 0 saturated carbocycles. The van der Waals surface area contributed by atoms with Gasteiger partial charge in [-0.1, -0.05) is 12.1 Å². The van der Waals surface area contributed by atoms with Crippen LogP contribution < -0.4 is 4.72 Å². The lowest BCUT2D eigenvalue weighted by Crippen LogP contribution is -2.13. The summed E-state index contributed by atoms with van der Waals surface area (Å²) in [4.78, 5) is 4.17. The van der Waals surface area contributed by atoms with Gasteiger partial charge in [0.1, 0.15) is 10.4 Å². The fourth-order valence-electron chi connectivity index (χ4n) is 1.79. The van der Waals surface area contributed by atoms with Crippen molar-refractivity contribution in [1.82, 2.24) is 4.98 Å². The number of hydrogen-bond acceptors (Lipinski definition) is 4. The molecule has 20 heavy (non-hydrogen) atoms. The van der Waals surface area contributed by atoms with Crippen molar-refractivity contribution in [1.29, 1.82) is 0 Å². The standard InChI is InChI=1S/C13H9BrN2O3S/c14-10-3-1-2-4-13(10)20(17,18)16-9-5-6-12-11(7-9)15-8-19-12/h1-8,16H. The van der Waals surface area contributed by atoms with Gasteiger partial charge in [0.25, 0.3) is 10.0 Å². The highest BCUT2D eigenvalue weighted by molar-refractivity contribution is 9.10. The summed E-state index contributed by atoms with van der Waals surface area (Å²) in [5.41, 5.74) is 1.63. The minimum Gasteiger partial charge on any atom is -0.443 e. The number of aromatic nitrogens is 1. The van der Waals surface area contributed by atoms with Crippen molar-refractivity contribution >= 4 is 42.7 Å². The summed E-state index contributed by atoms with van der Waals surface area (Å²) in [6.45, 7) is 0. The predicted octanol–water partition coefficient (Wildman–Crippen LogP) is 3.39. The number of oxazole rings is 1. The molecule has 0 radical (unpaired) electrons. The third-order valence-corrected chi connectivity index (χ3v) is 5.10. The van der Waals surface area contributed by atoms with Crippen LogP contribution in [0.4, 0.5) is 5.69 Å². The normalized spacial score (nSPS) is 11.7. The number of nitrogens with zero attached hydrogens (tertiary/aromatic N) is 1. The highest BCUT2D eigenvalue weighted by Crippen LogP contribution is 2.25. The highest BCUT2D eigenvalue weighted by atomic mass is 79.9. The Hall–Kier alpha value is -1.86. The maximum atomic E-state index is 12.3. The van der Waals surface area contributed by atoms with Crippen molar-refractivity contribution < 1.29 is 12.8 Å². The lowest BCUT2D eigenvalue weighted by atomic mass is 10.3. The Morgan fingerprint density at radius 1 is 1.15 bits per heavy atom. The summed E-state index contributed by atoms with van der Waals surface area (Å²) < 4.78 is 32.8. The first-order chi connectivity index (χ1) is 9.56. The van der Waals surface area contributed by atoms with Crippen LogP contribution >= 0.6 is 15.9 Å². The Morgan fingerprint density at radius 3 is 2.75 bits per heavy atom. The van der Waals surface area contributed by atoms with Gasteiger partial charge in [-0.25, -0.2) is 13.4 Å². The zero-order valence-corrected chi connectivity index (χ0v) is 12.5. The predicted molar refractivity (Wildman–Crippen MR) is 79.0 cm³/mol. The van der Waals surface area contributed by atoms with E-state index in [0.717, 1.165) is 0 Å². The van der Waals surface area contributed by atoms with Gasteiger partial charge in [0.2, 0.25) is 0 Å². The number of nitrogens with one attached hydrogen (secondary N) is 1. The monoisotopic (exact) mass is 352 g/mol. The molecule has 7 heteroatoms. The van der Waals surface area contributed by atoms with E-state index in [1.807, 2.05) is 0 Å². The lowest BCUT2D eigenvalue weighted by molar-refractivity contribution is 0.600. The van der Waals surface area contributed by atoms with Gasteiger partial charge < -0.3 is 4.42 Å². The molecule has 1 N–H and O–H groups in total. The van der Waals surface area contributed by atoms with E-state index in [1.54, 1.807) is 36.4 Å². The summed E-state index contributed by atoms with van der Waals surface area (Å²) >= 11 is 3.23. The van der Waals surface area contributed by atoms with Crippen LogP contribution in [0.15, 0.2) is 62.6 Å². The van der Waals surface area contributed by atoms with Crippen LogP contribution in [0.5, 0.6) is 0 Å². The minimum absolute atomic E-state index is 0.181. The van der Waals surface area contributed by atoms with E-state index in [9.17, 15) is 8.42 Å². The fraction of sp³-hybridized carbons (Fsp3) is 0. The maximum absolute atomic E-state index is 12.3. The van der Waals surface area contributed by atoms with Crippen molar-refractivity contribution in [2.75, 3.05) is 4.72 Å². The Balaban J connectivity index is 1.99. The Bertz CT molecular complexity index is 874. The molecule has 2 aromatic carbocycles. The van der Waals surface area contributed by atoms with Crippen LogP contribution in [0.3, 0.4) is 0 Å². The van der Waals surface area contributed by atoms with Crippen LogP contribution in [-0.2, 0) is 10.0 Å². The largest absolute Gasteiger partial charge is 0.443 e. The van der Waals surface area contributed by atoms with Crippen molar-refractivity contribution in [3.05, 3.63) is 53.3 Å². The summed E-state index contributed by atoms with van der Waals surface area (Å²) in [6, 6.07) is 11.5. The lowest BCUT2D eigenvalue weighted by Gasteiger charge is -2.09. The topological polar surface area (TPSA) is 72.2 Å². The van der Waals surface area contributed by atoms with E-state index in [4.69, 9.17) is 4.42 Å². The van der Waals surface area contributed by atoms with E-state index in [1.165, 1.54) is 12.5 Å². The molecule has 5 nitrogen and oxygen atoms in total. The van der Waals surface area contributed by atoms with Crippen LogP contribution in [0.25, 0.3) is 11.1 Å². The summed E-state index contributed by atoms with van der Waals surface area (Å²) in [7, 11) is -3.65. The van der Waals surface area contributed by atoms with Gasteiger partial charge in [-0.2, -0.15) is 0 Å². The SMILES string of the molecule is O=S(=O)(Nc1ccc2ocnc2c1)c1ccccc1Br. The summed E-state index contributed by atoms with van der Waals surface area (Å²) in [6.07, 6.45) is 1.32.